The lowest BCUT2D eigenvalue weighted by molar-refractivity contribution is -0.141. The van der Waals surface area contributed by atoms with Gasteiger partial charge in [-0.05, 0) is 24.3 Å². The Morgan fingerprint density at radius 2 is 1.85 bits per heavy atom. The molecule has 0 aliphatic rings. The van der Waals surface area contributed by atoms with Crippen molar-refractivity contribution in [3.8, 4) is 16.9 Å². The van der Waals surface area contributed by atoms with Crippen LogP contribution in [0.2, 0.25) is 0 Å². The zero-order valence-electron chi connectivity index (χ0n) is 16.7. The second kappa shape index (κ2) is 8.81. The number of alkyl halides is 5. The van der Waals surface area contributed by atoms with Crippen LogP contribution in [-0.4, -0.2) is 36.9 Å². The average molecular weight is 462 g/mol. The summed E-state index contributed by atoms with van der Waals surface area (Å²) in [5.74, 6) is -0.356. The lowest BCUT2D eigenvalue weighted by Crippen LogP contribution is -2.12. The Labute approximate surface area is 183 Å². The molecule has 1 N–H and O–H groups in total. The van der Waals surface area contributed by atoms with Crippen molar-refractivity contribution in [2.24, 2.45) is 0 Å². The maximum Gasteiger partial charge on any atom is 0.435 e. The molecule has 0 aliphatic heterocycles. The first kappa shape index (κ1) is 22.1. The summed E-state index contributed by atoms with van der Waals surface area (Å²) in [7, 11) is 0. The zero-order chi connectivity index (χ0) is 23.6. The fourth-order valence-electron chi connectivity index (χ4n) is 3.04. The highest BCUT2D eigenvalue weighted by molar-refractivity contribution is 6.06. The van der Waals surface area contributed by atoms with Crippen molar-refractivity contribution in [2.45, 2.75) is 19.1 Å². The van der Waals surface area contributed by atoms with E-state index < -0.39 is 30.7 Å². The normalized spacial score (nSPS) is 11.7. The Morgan fingerprint density at radius 1 is 1.06 bits per heavy atom. The van der Waals surface area contributed by atoms with Crippen LogP contribution in [0.3, 0.4) is 0 Å². The molecule has 0 unspecified atom stereocenters. The summed E-state index contributed by atoms with van der Waals surface area (Å²) in [5.41, 5.74) is 0.695. The van der Waals surface area contributed by atoms with Crippen molar-refractivity contribution >= 4 is 11.6 Å². The molecule has 0 radical (unpaired) electrons. The number of rotatable bonds is 6. The van der Waals surface area contributed by atoms with Crippen LogP contribution in [0, 0.1) is 0 Å². The van der Waals surface area contributed by atoms with E-state index in [-0.39, 0.29) is 11.4 Å². The number of para-hydroxylation sites is 1. The third-order valence-electron chi connectivity index (χ3n) is 4.57. The van der Waals surface area contributed by atoms with Crippen LogP contribution in [0.25, 0.3) is 16.9 Å². The minimum absolute atomic E-state index is 0.109. The summed E-state index contributed by atoms with van der Waals surface area (Å²) in [6, 6.07) is 10.8. The van der Waals surface area contributed by atoms with Gasteiger partial charge in [0.05, 0.1) is 11.8 Å². The standard InChI is InChI=1S/C21H15F5N6O/c22-18(23)12-31-11-14(10-28-31)20(33)29-16-4-2-1-3-15(16)13-5-6-19(27-9-13)32-8-7-17(30-32)21(24,25)26/h1-11,18H,12H2,(H,29,33). The molecule has 3 aromatic heterocycles. The number of benzene rings is 1. The molecule has 3 heterocycles. The number of hydrogen-bond donors (Lipinski definition) is 1. The van der Waals surface area contributed by atoms with Crippen molar-refractivity contribution in [2.75, 3.05) is 5.32 Å². The molecule has 7 nitrogen and oxygen atoms in total. The molecular weight excluding hydrogens is 447 g/mol. The first-order valence-electron chi connectivity index (χ1n) is 9.51. The van der Waals surface area contributed by atoms with E-state index in [0.29, 0.717) is 16.8 Å². The highest BCUT2D eigenvalue weighted by atomic mass is 19.4. The number of nitrogens with zero attached hydrogens (tertiary/aromatic N) is 5. The molecule has 33 heavy (non-hydrogen) atoms. The van der Waals surface area contributed by atoms with Crippen molar-refractivity contribution in [3.63, 3.8) is 0 Å². The number of carbonyl (C=O) groups is 1. The predicted molar refractivity (Wildman–Crippen MR) is 108 cm³/mol. The smallest absolute Gasteiger partial charge is 0.321 e. The van der Waals surface area contributed by atoms with E-state index in [9.17, 15) is 26.7 Å². The molecule has 0 fully saturated rings. The largest absolute Gasteiger partial charge is 0.435 e. The molecule has 0 atom stereocenters. The molecule has 0 saturated carbocycles. The molecule has 0 bridgehead atoms. The minimum atomic E-state index is -4.56. The van der Waals surface area contributed by atoms with Gasteiger partial charge in [0.2, 0.25) is 0 Å². The first-order valence-corrected chi connectivity index (χ1v) is 9.51. The molecule has 4 aromatic rings. The van der Waals surface area contributed by atoms with Crippen LogP contribution in [0.1, 0.15) is 16.1 Å². The van der Waals surface area contributed by atoms with Gasteiger partial charge in [-0.3, -0.25) is 9.48 Å². The Bertz CT molecular complexity index is 1260. The third kappa shape index (κ3) is 5.05. The van der Waals surface area contributed by atoms with Crippen LogP contribution in [-0.2, 0) is 12.7 Å². The van der Waals surface area contributed by atoms with Gasteiger partial charge in [-0.15, -0.1) is 0 Å². The average Bonchev–Trinajstić information content (AvgIpc) is 3.44. The number of anilines is 1. The second-order valence-corrected chi connectivity index (χ2v) is 6.89. The van der Waals surface area contributed by atoms with Crippen molar-refractivity contribution < 1.29 is 26.7 Å². The lowest BCUT2D eigenvalue weighted by atomic mass is 10.1. The van der Waals surface area contributed by atoms with Crippen molar-refractivity contribution in [1.82, 2.24) is 24.5 Å². The van der Waals surface area contributed by atoms with Gasteiger partial charge in [-0.25, -0.2) is 18.4 Å². The highest BCUT2D eigenvalue weighted by Gasteiger charge is 2.33. The topological polar surface area (TPSA) is 77.6 Å². The number of nitrogens with one attached hydrogen (secondary N) is 1. The monoisotopic (exact) mass is 462 g/mol. The number of hydrogen-bond acceptors (Lipinski definition) is 4. The van der Waals surface area contributed by atoms with Crippen LogP contribution in [0.5, 0.6) is 0 Å². The number of aromatic nitrogens is 5. The predicted octanol–water partition coefficient (Wildman–Crippen LogP) is 4.67. The zero-order valence-corrected chi connectivity index (χ0v) is 16.7. The Morgan fingerprint density at radius 3 is 2.52 bits per heavy atom. The van der Waals surface area contributed by atoms with E-state index in [1.165, 1.54) is 24.7 Å². The highest BCUT2D eigenvalue weighted by Crippen LogP contribution is 2.29. The van der Waals surface area contributed by atoms with Gasteiger partial charge < -0.3 is 5.32 Å². The minimum Gasteiger partial charge on any atom is -0.321 e. The van der Waals surface area contributed by atoms with E-state index in [2.05, 4.69) is 20.5 Å². The number of amides is 1. The van der Waals surface area contributed by atoms with Crippen LogP contribution in [0.15, 0.2) is 67.3 Å². The molecule has 12 heteroatoms. The summed E-state index contributed by atoms with van der Waals surface area (Å²) < 4.78 is 65.2. The van der Waals surface area contributed by atoms with Crippen LogP contribution < -0.4 is 5.32 Å². The summed E-state index contributed by atoms with van der Waals surface area (Å²) in [6.07, 6.45) is -2.14. The van der Waals surface area contributed by atoms with Crippen molar-refractivity contribution in [1.29, 1.82) is 0 Å². The summed E-state index contributed by atoms with van der Waals surface area (Å²) in [4.78, 5) is 16.7. The summed E-state index contributed by atoms with van der Waals surface area (Å²) in [6.45, 7) is -0.622. The van der Waals surface area contributed by atoms with Gasteiger partial charge in [0.25, 0.3) is 12.3 Å². The fourth-order valence-corrected chi connectivity index (χ4v) is 3.04. The SMILES string of the molecule is O=C(Nc1ccccc1-c1ccc(-n2ccc(C(F)(F)F)n2)nc1)c1cnn(CC(F)F)c1. The quantitative estimate of drug-likeness (QED) is 0.423. The third-order valence-corrected chi connectivity index (χ3v) is 4.57. The van der Waals surface area contributed by atoms with Gasteiger partial charge in [-0.2, -0.15) is 23.4 Å². The molecule has 4 rings (SSSR count). The number of carbonyl (C=O) groups excluding carboxylic acids is 1. The Kier molecular flexibility index (Phi) is 5.90. The summed E-state index contributed by atoms with van der Waals surface area (Å²) >= 11 is 0. The molecule has 1 aromatic carbocycles. The second-order valence-electron chi connectivity index (χ2n) is 6.89. The fraction of sp³-hybridized carbons (Fsp3) is 0.143. The van der Waals surface area contributed by atoms with E-state index in [4.69, 9.17) is 0 Å². The Balaban J connectivity index is 1.54. The van der Waals surface area contributed by atoms with E-state index >= 15 is 0 Å². The maximum atomic E-state index is 12.8. The maximum absolute atomic E-state index is 12.8. The molecule has 1 amide bonds. The van der Waals surface area contributed by atoms with Gasteiger partial charge in [0, 0.05) is 35.4 Å². The molecule has 0 spiro atoms. The van der Waals surface area contributed by atoms with Crippen molar-refractivity contribution in [3.05, 3.63) is 78.5 Å². The molecule has 0 saturated heterocycles. The first-order chi connectivity index (χ1) is 15.7. The van der Waals surface area contributed by atoms with E-state index in [1.54, 1.807) is 30.3 Å². The van der Waals surface area contributed by atoms with E-state index in [0.717, 1.165) is 21.6 Å². The number of pyridine rings is 1. The van der Waals surface area contributed by atoms with Gasteiger partial charge >= 0.3 is 6.18 Å². The molecule has 170 valence electrons. The lowest BCUT2D eigenvalue weighted by Gasteiger charge is -2.11. The van der Waals surface area contributed by atoms with Gasteiger partial charge in [0.15, 0.2) is 11.5 Å². The summed E-state index contributed by atoms with van der Waals surface area (Å²) in [5, 5.41) is 9.93. The van der Waals surface area contributed by atoms with Gasteiger partial charge in [0.1, 0.15) is 6.54 Å². The number of halogens is 5. The Hall–Kier alpha value is -4.09. The van der Waals surface area contributed by atoms with E-state index in [1.807, 2.05) is 0 Å². The van der Waals surface area contributed by atoms with Crippen LogP contribution >= 0.6 is 0 Å². The molecular formula is C21H15F5N6O. The molecule has 0 aliphatic carbocycles. The van der Waals surface area contributed by atoms with Gasteiger partial charge in [-0.1, -0.05) is 18.2 Å². The van der Waals surface area contributed by atoms with Crippen LogP contribution in [0.4, 0.5) is 27.6 Å².